The second-order valence-electron chi connectivity index (χ2n) is 6.54. The number of carbonyl (C=O) groups is 2. The van der Waals surface area contributed by atoms with E-state index in [9.17, 15) is 18.0 Å². The number of para-hydroxylation sites is 2. The zero-order valence-corrected chi connectivity index (χ0v) is 17.6. The molecule has 0 spiro atoms. The summed E-state index contributed by atoms with van der Waals surface area (Å²) in [4.78, 5) is 31.0. The van der Waals surface area contributed by atoms with E-state index in [1.54, 1.807) is 49.4 Å². The molecule has 0 radical (unpaired) electrons. The van der Waals surface area contributed by atoms with Gasteiger partial charge in [0.15, 0.2) is 5.69 Å². The Morgan fingerprint density at radius 3 is 2.53 bits per heavy atom. The number of benzene rings is 1. The second-order valence-corrected chi connectivity index (χ2v) is 8.45. The molecule has 1 N–H and O–H groups in total. The highest BCUT2D eigenvalue weighted by Crippen LogP contribution is 2.23. The molecule has 3 aromatic rings. The van der Waals surface area contributed by atoms with Crippen molar-refractivity contribution < 1.29 is 22.7 Å². The van der Waals surface area contributed by atoms with Crippen LogP contribution in [0.3, 0.4) is 0 Å². The fourth-order valence-corrected chi connectivity index (χ4v) is 3.79. The van der Waals surface area contributed by atoms with Crippen LogP contribution in [0, 0.1) is 0 Å². The molecule has 1 aromatic carbocycles. The van der Waals surface area contributed by atoms with Gasteiger partial charge >= 0.3 is 0 Å². The Hall–Kier alpha value is -3.40. The van der Waals surface area contributed by atoms with E-state index in [0.29, 0.717) is 17.0 Å². The Morgan fingerprint density at radius 2 is 1.87 bits per heavy atom. The number of hydrogen-bond donors (Lipinski definition) is 1. The normalized spacial score (nSPS) is 11.3. The highest BCUT2D eigenvalue weighted by molar-refractivity contribution is 7.90. The maximum absolute atomic E-state index is 13.1. The second kappa shape index (κ2) is 8.54. The number of methoxy groups -OCH3 is 1. The number of fused-ring (bicyclic) bond motifs is 1. The van der Waals surface area contributed by atoms with E-state index < -0.39 is 21.7 Å². The van der Waals surface area contributed by atoms with Crippen LogP contribution in [0.15, 0.2) is 53.8 Å². The summed E-state index contributed by atoms with van der Waals surface area (Å²) in [6.45, 7) is 1.73. The smallest absolute Gasteiger partial charge is 0.275 e. The number of aromatic nitrogens is 2. The molecular weight excluding hydrogens is 408 g/mol. The lowest BCUT2D eigenvalue weighted by Crippen LogP contribution is -2.38. The zero-order valence-electron chi connectivity index (χ0n) is 16.8. The van der Waals surface area contributed by atoms with Gasteiger partial charge in [-0.1, -0.05) is 18.2 Å². The standard InChI is InChI=1S/C20H22N4O5S/c1-4-23(13-17(25)21-14-9-5-6-11-16(14)29-2)19(26)18-15-10-7-8-12-24(15)20(22-18)30(3,27)28/h5-12H,4,13H2,1-3H3,(H,21,25). The average molecular weight is 430 g/mol. The summed E-state index contributed by atoms with van der Waals surface area (Å²) in [5.74, 6) is -0.453. The van der Waals surface area contributed by atoms with E-state index in [0.717, 1.165) is 6.26 Å². The van der Waals surface area contributed by atoms with Gasteiger partial charge in [0.05, 0.1) is 18.3 Å². The van der Waals surface area contributed by atoms with E-state index in [1.807, 2.05) is 0 Å². The van der Waals surface area contributed by atoms with Gasteiger partial charge in [-0.15, -0.1) is 0 Å². The largest absolute Gasteiger partial charge is 0.495 e. The molecule has 0 bridgehead atoms. The first-order valence-corrected chi connectivity index (χ1v) is 11.0. The SMILES string of the molecule is CCN(CC(=O)Nc1ccccc1OC)C(=O)c1nc(S(C)(=O)=O)n2ccccc12. The molecule has 0 aliphatic heterocycles. The summed E-state index contributed by atoms with van der Waals surface area (Å²) in [7, 11) is -2.16. The maximum Gasteiger partial charge on any atom is 0.275 e. The van der Waals surface area contributed by atoms with Gasteiger partial charge in [-0.25, -0.2) is 13.4 Å². The van der Waals surface area contributed by atoms with Crippen LogP contribution in [0.5, 0.6) is 5.75 Å². The molecule has 0 aliphatic carbocycles. The van der Waals surface area contributed by atoms with E-state index in [4.69, 9.17) is 4.74 Å². The molecule has 0 fully saturated rings. The molecule has 2 amide bonds. The highest BCUT2D eigenvalue weighted by Gasteiger charge is 2.26. The number of hydrogen-bond acceptors (Lipinski definition) is 6. The Bertz CT molecular complexity index is 1200. The van der Waals surface area contributed by atoms with Crippen LogP contribution in [-0.4, -0.2) is 61.0 Å². The third kappa shape index (κ3) is 4.28. The molecule has 9 nitrogen and oxygen atoms in total. The molecule has 0 saturated carbocycles. The van der Waals surface area contributed by atoms with Crippen molar-refractivity contribution in [3.8, 4) is 5.75 Å². The molecule has 2 aromatic heterocycles. The van der Waals surface area contributed by atoms with Gasteiger partial charge in [0.25, 0.3) is 5.91 Å². The number of imidazole rings is 1. The summed E-state index contributed by atoms with van der Waals surface area (Å²) in [5.41, 5.74) is 0.815. The van der Waals surface area contributed by atoms with Gasteiger partial charge in [0.2, 0.25) is 20.9 Å². The molecule has 10 heteroatoms. The van der Waals surface area contributed by atoms with E-state index in [1.165, 1.54) is 22.6 Å². The van der Waals surface area contributed by atoms with Crippen molar-refractivity contribution in [2.24, 2.45) is 0 Å². The van der Waals surface area contributed by atoms with Gasteiger partial charge in [0.1, 0.15) is 12.3 Å². The molecule has 0 unspecified atom stereocenters. The van der Waals surface area contributed by atoms with Crippen LogP contribution >= 0.6 is 0 Å². The quantitative estimate of drug-likeness (QED) is 0.613. The number of amides is 2. The molecule has 158 valence electrons. The number of nitrogens with one attached hydrogen (secondary N) is 1. The van der Waals surface area contributed by atoms with Gasteiger partial charge in [-0.3, -0.25) is 14.0 Å². The number of sulfone groups is 1. The van der Waals surface area contributed by atoms with Crippen molar-refractivity contribution in [1.82, 2.24) is 14.3 Å². The van der Waals surface area contributed by atoms with Crippen molar-refractivity contribution in [2.45, 2.75) is 12.1 Å². The topological polar surface area (TPSA) is 110 Å². The number of ether oxygens (including phenoxy) is 1. The summed E-state index contributed by atoms with van der Waals surface area (Å²) in [6, 6.07) is 11.9. The number of carbonyl (C=O) groups excluding carboxylic acids is 2. The van der Waals surface area contributed by atoms with E-state index in [2.05, 4.69) is 10.3 Å². The third-order valence-electron chi connectivity index (χ3n) is 4.43. The van der Waals surface area contributed by atoms with Crippen LogP contribution < -0.4 is 10.1 Å². The molecular formula is C20H22N4O5S. The van der Waals surface area contributed by atoms with Gasteiger partial charge in [-0.2, -0.15) is 0 Å². The molecule has 2 heterocycles. The Labute approximate surface area is 174 Å². The summed E-state index contributed by atoms with van der Waals surface area (Å²) < 4.78 is 30.7. The van der Waals surface area contributed by atoms with Gasteiger partial charge in [-0.05, 0) is 31.2 Å². The highest BCUT2D eigenvalue weighted by atomic mass is 32.2. The number of anilines is 1. The number of likely N-dealkylation sites (N-methyl/N-ethyl adjacent to an activating group) is 1. The maximum atomic E-state index is 13.1. The summed E-state index contributed by atoms with van der Waals surface area (Å²) in [6.07, 6.45) is 2.56. The van der Waals surface area contributed by atoms with Crippen LogP contribution in [0.4, 0.5) is 5.69 Å². The fourth-order valence-electron chi connectivity index (χ4n) is 3.02. The monoisotopic (exact) mass is 430 g/mol. The molecule has 0 saturated heterocycles. The summed E-state index contributed by atoms with van der Waals surface area (Å²) in [5, 5.41) is 2.49. The lowest BCUT2D eigenvalue weighted by molar-refractivity contribution is -0.116. The lowest BCUT2D eigenvalue weighted by atomic mass is 10.2. The molecule has 0 aliphatic rings. The minimum absolute atomic E-state index is 0.0250. The number of rotatable bonds is 7. The molecule has 3 rings (SSSR count). The van der Waals surface area contributed by atoms with Crippen LogP contribution in [0.1, 0.15) is 17.4 Å². The van der Waals surface area contributed by atoms with E-state index in [-0.39, 0.29) is 23.9 Å². The Balaban J connectivity index is 1.87. The lowest BCUT2D eigenvalue weighted by Gasteiger charge is -2.20. The van der Waals surface area contributed by atoms with Crippen molar-refractivity contribution in [2.75, 3.05) is 31.8 Å². The molecule has 0 atom stereocenters. The van der Waals surface area contributed by atoms with Crippen molar-refractivity contribution in [3.05, 3.63) is 54.4 Å². The Morgan fingerprint density at radius 1 is 1.17 bits per heavy atom. The average Bonchev–Trinajstić information content (AvgIpc) is 3.12. The minimum atomic E-state index is -3.66. The summed E-state index contributed by atoms with van der Waals surface area (Å²) >= 11 is 0. The van der Waals surface area contributed by atoms with Gasteiger partial charge in [0, 0.05) is 19.0 Å². The first-order valence-electron chi connectivity index (χ1n) is 9.15. The zero-order chi connectivity index (χ0) is 21.9. The first kappa shape index (κ1) is 21.3. The van der Waals surface area contributed by atoms with Crippen LogP contribution in [0.2, 0.25) is 0 Å². The predicted molar refractivity (Wildman–Crippen MR) is 112 cm³/mol. The number of nitrogens with zero attached hydrogens (tertiary/aromatic N) is 3. The van der Waals surface area contributed by atoms with Crippen LogP contribution in [0.25, 0.3) is 5.52 Å². The molecule has 30 heavy (non-hydrogen) atoms. The van der Waals surface area contributed by atoms with Crippen LogP contribution in [-0.2, 0) is 14.6 Å². The third-order valence-corrected chi connectivity index (χ3v) is 5.39. The van der Waals surface area contributed by atoms with Crippen molar-refractivity contribution in [3.63, 3.8) is 0 Å². The first-order chi connectivity index (χ1) is 14.3. The van der Waals surface area contributed by atoms with Crippen molar-refractivity contribution >= 4 is 32.9 Å². The fraction of sp³-hybridized carbons (Fsp3) is 0.250. The van der Waals surface area contributed by atoms with Crippen molar-refractivity contribution in [1.29, 1.82) is 0 Å². The predicted octanol–water partition coefficient (Wildman–Crippen LogP) is 1.85. The Kier molecular flexibility index (Phi) is 6.06. The minimum Gasteiger partial charge on any atom is -0.495 e. The number of pyridine rings is 1. The van der Waals surface area contributed by atoms with E-state index >= 15 is 0 Å². The van der Waals surface area contributed by atoms with Gasteiger partial charge < -0.3 is 15.0 Å².